The van der Waals surface area contributed by atoms with Crippen molar-refractivity contribution in [3.05, 3.63) is 24.3 Å². The van der Waals surface area contributed by atoms with Gasteiger partial charge in [0.1, 0.15) is 5.75 Å². The van der Waals surface area contributed by atoms with Crippen LogP contribution in [0.5, 0.6) is 5.75 Å². The summed E-state index contributed by atoms with van der Waals surface area (Å²) in [6.07, 6.45) is -8.52. The molecule has 1 rings (SSSR count). The molecule has 0 aromatic heterocycles. The molecule has 106 valence electrons. The molecule has 0 bridgehead atoms. The molecular weight excluding hydrogens is 268 g/mol. The molecule has 0 unspecified atom stereocenters. The lowest BCUT2D eigenvalue weighted by atomic mass is 10.3. The average Bonchev–Trinajstić information content (AvgIpc) is 2.36. The fourth-order valence-electron chi connectivity index (χ4n) is 1.24. The van der Waals surface area contributed by atoms with E-state index in [1.54, 1.807) is 0 Å². The van der Waals surface area contributed by atoms with Crippen LogP contribution in [-0.4, -0.2) is 32.7 Å². The molecule has 0 spiro atoms. The highest BCUT2D eigenvalue weighted by Crippen LogP contribution is 2.29. The molecule has 1 N–H and O–H groups in total. The van der Waals surface area contributed by atoms with Crippen LogP contribution in [0.1, 0.15) is 0 Å². The topological polar surface area (TPSA) is 41.6 Å². The van der Waals surface area contributed by atoms with E-state index in [-0.39, 0.29) is 5.69 Å². The van der Waals surface area contributed by atoms with Crippen LogP contribution in [0, 0.1) is 0 Å². The van der Waals surface area contributed by atoms with Gasteiger partial charge in [0.25, 0.3) is 0 Å². The van der Waals surface area contributed by atoms with Gasteiger partial charge in [-0.2, -0.15) is 17.6 Å². The maximum absolute atomic E-state index is 12.7. The standard InChI is InChI=1S/C11H12F4N2O2/c1-16-10(18)17(2)7-4-3-5-8(6-7)19-11(14,15)9(12)13/h3-6,9H,1-2H3,(H,16,18). The normalized spacial score (nSPS) is 11.3. The lowest BCUT2D eigenvalue weighted by Gasteiger charge is -2.20. The number of anilines is 1. The van der Waals surface area contributed by atoms with Crippen LogP contribution >= 0.6 is 0 Å². The van der Waals surface area contributed by atoms with Crippen molar-refractivity contribution in [2.75, 3.05) is 19.0 Å². The van der Waals surface area contributed by atoms with Crippen LogP contribution in [0.4, 0.5) is 28.0 Å². The molecule has 0 saturated heterocycles. The van der Waals surface area contributed by atoms with Gasteiger partial charge < -0.3 is 10.1 Å². The summed E-state index contributed by atoms with van der Waals surface area (Å²) >= 11 is 0. The van der Waals surface area contributed by atoms with Gasteiger partial charge in [0.05, 0.1) is 0 Å². The second-order valence-corrected chi connectivity index (χ2v) is 3.58. The zero-order chi connectivity index (χ0) is 14.6. The van der Waals surface area contributed by atoms with Gasteiger partial charge in [0.2, 0.25) is 0 Å². The zero-order valence-corrected chi connectivity index (χ0v) is 10.2. The van der Waals surface area contributed by atoms with Crippen LogP contribution in [0.2, 0.25) is 0 Å². The summed E-state index contributed by atoms with van der Waals surface area (Å²) < 4.78 is 53.4. The number of urea groups is 1. The van der Waals surface area contributed by atoms with Crippen molar-refractivity contribution < 1.29 is 27.1 Å². The Morgan fingerprint density at radius 1 is 1.42 bits per heavy atom. The average molecular weight is 280 g/mol. The van der Waals surface area contributed by atoms with E-state index in [1.165, 1.54) is 26.2 Å². The summed E-state index contributed by atoms with van der Waals surface area (Å²) in [5.74, 6) is -0.460. The molecule has 0 atom stereocenters. The Labute approximate surface area is 107 Å². The third-order valence-electron chi connectivity index (χ3n) is 2.23. The number of hydrogen-bond acceptors (Lipinski definition) is 2. The summed E-state index contributed by atoms with van der Waals surface area (Å²) in [5, 5.41) is 2.33. The molecule has 19 heavy (non-hydrogen) atoms. The maximum atomic E-state index is 12.7. The predicted octanol–water partition coefficient (Wildman–Crippen LogP) is 2.70. The highest BCUT2D eigenvalue weighted by molar-refractivity contribution is 5.91. The smallest absolute Gasteiger partial charge is 0.428 e. The van der Waals surface area contributed by atoms with E-state index in [9.17, 15) is 22.4 Å². The van der Waals surface area contributed by atoms with Crippen LogP contribution in [0.25, 0.3) is 0 Å². The zero-order valence-electron chi connectivity index (χ0n) is 10.2. The first-order valence-corrected chi connectivity index (χ1v) is 5.18. The minimum Gasteiger partial charge on any atom is -0.428 e. The summed E-state index contributed by atoms with van der Waals surface area (Å²) in [6.45, 7) is 0. The number of carbonyl (C=O) groups is 1. The number of ether oxygens (including phenoxy) is 1. The molecule has 0 radical (unpaired) electrons. The number of carbonyl (C=O) groups excluding carboxylic acids is 1. The number of halogens is 4. The molecule has 0 aliphatic carbocycles. The Bertz CT molecular complexity index is 454. The van der Waals surface area contributed by atoms with E-state index < -0.39 is 24.3 Å². The Kier molecular flexibility index (Phi) is 4.57. The Morgan fingerprint density at radius 3 is 2.58 bits per heavy atom. The Hall–Kier alpha value is -1.99. The molecule has 0 saturated carbocycles. The molecule has 0 heterocycles. The Morgan fingerprint density at radius 2 is 2.05 bits per heavy atom. The highest BCUT2D eigenvalue weighted by Gasteiger charge is 2.44. The first-order valence-electron chi connectivity index (χ1n) is 5.18. The van der Waals surface area contributed by atoms with E-state index in [2.05, 4.69) is 10.1 Å². The SMILES string of the molecule is CNC(=O)N(C)c1cccc(OC(F)(F)C(F)F)c1. The third kappa shape index (κ3) is 3.73. The maximum Gasteiger partial charge on any atom is 0.461 e. The second-order valence-electron chi connectivity index (χ2n) is 3.58. The summed E-state index contributed by atoms with van der Waals surface area (Å²) in [7, 11) is 2.79. The molecule has 1 aromatic rings. The number of nitrogens with zero attached hydrogens (tertiary/aromatic N) is 1. The molecule has 8 heteroatoms. The number of nitrogens with one attached hydrogen (secondary N) is 1. The van der Waals surface area contributed by atoms with E-state index >= 15 is 0 Å². The van der Waals surface area contributed by atoms with E-state index in [0.717, 1.165) is 17.0 Å². The first kappa shape index (κ1) is 15.1. The van der Waals surface area contributed by atoms with Crippen LogP contribution in [-0.2, 0) is 0 Å². The largest absolute Gasteiger partial charge is 0.461 e. The summed E-state index contributed by atoms with van der Waals surface area (Å²) in [6, 6.07) is 4.43. The van der Waals surface area contributed by atoms with Gasteiger partial charge in [-0.1, -0.05) is 6.07 Å². The van der Waals surface area contributed by atoms with Crippen molar-refractivity contribution in [1.29, 1.82) is 0 Å². The fraction of sp³-hybridized carbons (Fsp3) is 0.364. The fourth-order valence-corrected chi connectivity index (χ4v) is 1.24. The molecule has 0 aliphatic rings. The highest BCUT2D eigenvalue weighted by atomic mass is 19.3. The minimum atomic E-state index is -4.58. The van der Waals surface area contributed by atoms with E-state index in [1.807, 2.05) is 0 Å². The lowest BCUT2D eigenvalue weighted by Crippen LogP contribution is -2.35. The number of benzene rings is 1. The lowest BCUT2D eigenvalue weighted by molar-refractivity contribution is -0.253. The van der Waals surface area contributed by atoms with Gasteiger partial charge in [-0.3, -0.25) is 4.90 Å². The van der Waals surface area contributed by atoms with Gasteiger partial charge >= 0.3 is 18.6 Å². The van der Waals surface area contributed by atoms with Crippen molar-refractivity contribution in [2.24, 2.45) is 0 Å². The van der Waals surface area contributed by atoms with Crippen molar-refractivity contribution >= 4 is 11.7 Å². The van der Waals surface area contributed by atoms with Gasteiger partial charge in [-0.25, -0.2) is 4.79 Å². The summed E-state index contributed by atoms with van der Waals surface area (Å²) in [5.41, 5.74) is 0.224. The van der Waals surface area contributed by atoms with Gasteiger partial charge in [-0.15, -0.1) is 0 Å². The van der Waals surface area contributed by atoms with Gasteiger partial charge in [0, 0.05) is 25.8 Å². The second kappa shape index (κ2) is 5.77. The van der Waals surface area contributed by atoms with E-state index in [4.69, 9.17) is 0 Å². The third-order valence-corrected chi connectivity index (χ3v) is 2.23. The molecule has 0 fully saturated rings. The predicted molar refractivity (Wildman–Crippen MR) is 60.9 cm³/mol. The number of rotatable bonds is 4. The molecule has 2 amide bonds. The molecular formula is C11H12F4N2O2. The van der Waals surface area contributed by atoms with E-state index in [0.29, 0.717) is 0 Å². The Balaban J connectivity index is 2.92. The van der Waals surface area contributed by atoms with Crippen LogP contribution in [0.15, 0.2) is 24.3 Å². The van der Waals surface area contributed by atoms with Crippen molar-refractivity contribution in [1.82, 2.24) is 5.32 Å². The molecule has 1 aromatic carbocycles. The van der Waals surface area contributed by atoms with Crippen molar-refractivity contribution in [2.45, 2.75) is 12.5 Å². The number of alkyl halides is 4. The van der Waals surface area contributed by atoms with Crippen molar-refractivity contribution in [3.63, 3.8) is 0 Å². The van der Waals surface area contributed by atoms with Crippen LogP contribution < -0.4 is 15.0 Å². The minimum absolute atomic E-state index is 0.224. The quantitative estimate of drug-likeness (QED) is 0.862. The monoisotopic (exact) mass is 280 g/mol. The van der Waals surface area contributed by atoms with Gasteiger partial charge in [-0.05, 0) is 12.1 Å². The number of amides is 2. The van der Waals surface area contributed by atoms with Crippen LogP contribution in [0.3, 0.4) is 0 Å². The number of hydrogen-bond donors (Lipinski definition) is 1. The van der Waals surface area contributed by atoms with Crippen molar-refractivity contribution in [3.8, 4) is 5.75 Å². The molecule has 4 nitrogen and oxygen atoms in total. The van der Waals surface area contributed by atoms with Gasteiger partial charge in [0.15, 0.2) is 0 Å². The summed E-state index contributed by atoms with van der Waals surface area (Å²) in [4.78, 5) is 12.4. The first-order chi connectivity index (χ1) is 8.77. The molecule has 0 aliphatic heterocycles.